The molecule has 60 valence electrons. The number of nitrogens with one attached hydrogen (secondary N) is 1. The number of rotatable bonds is 1. The van der Waals surface area contributed by atoms with Crippen LogP contribution in [0.15, 0.2) is 10.7 Å². The minimum atomic E-state index is -0.534. The predicted molar refractivity (Wildman–Crippen MR) is 37.4 cm³/mol. The maximum absolute atomic E-state index is 10.9. The molecule has 2 N–H and O–H groups in total. The number of amides is 1. The average Bonchev–Trinajstić information content (AvgIpc) is 2.30. The molecule has 1 aromatic heterocycles. The molecule has 0 saturated carbocycles. The zero-order chi connectivity index (χ0) is 8.43. The van der Waals surface area contributed by atoms with Gasteiger partial charge in [-0.05, 0) is 13.8 Å². The molecule has 0 unspecified atom stereocenters. The van der Waals surface area contributed by atoms with Crippen molar-refractivity contribution in [1.29, 1.82) is 0 Å². The van der Waals surface area contributed by atoms with E-state index in [1.54, 1.807) is 19.3 Å². The third-order valence-electron chi connectivity index (χ3n) is 1.49. The molecule has 4 nitrogen and oxygen atoms in total. The van der Waals surface area contributed by atoms with E-state index in [9.17, 15) is 4.79 Å². The molecule has 11 heavy (non-hydrogen) atoms. The molecule has 0 bridgehead atoms. The standard InChI is InChI=1S/C7H9NO3/c1-4-3-11-5(2)6(4)7(9)8-10/h3,10H,1-2H3,(H,8,9). The Kier molecular flexibility index (Phi) is 1.96. The Labute approximate surface area is 63.8 Å². The lowest BCUT2D eigenvalue weighted by atomic mass is 10.1. The topological polar surface area (TPSA) is 62.5 Å². The van der Waals surface area contributed by atoms with E-state index in [1.165, 1.54) is 6.26 Å². The summed E-state index contributed by atoms with van der Waals surface area (Å²) in [6.07, 6.45) is 1.47. The van der Waals surface area contributed by atoms with Crippen molar-refractivity contribution in [2.24, 2.45) is 0 Å². The molecule has 0 aliphatic carbocycles. The van der Waals surface area contributed by atoms with Crippen LogP contribution in [-0.2, 0) is 0 Å². The van der Waals surface area contributed by atoms with Crippen molar-refractivity contribution in [3.63, 3.8) is 0 Å². The van der Waals surface area contributed by atoms with Crippen molar-refractivity contribution in [3.05, 3.63) is 23.2 Å². The fourth-order valence-corrected chi connectivity index (χ4v) is 0.967. The molecule has 0 spiro atoms. The maximum Gasteiger partial charge on any atom is 0.278 e. The average molecular weight is 155 g/mol. The first-order chi connectivity index (χ1) is 5.16. The predicted octanol–water partition coefficient (Wildman–Crippen LogP) is 1.02. The van der Waals surface area contributed by atoms with Crippen LogP contribution < -0.4 is 5.48 Å². The summed E-state index contributed by atoms with van der Waals surface area (Å²) >= 11 is 0. The van der Waals surface area contributed by atoms with Gasteiger partial charge in [-0.25, -0.2) is 5.48 Å². The van der Waals surface area contributed by atoms with Gasteiger partial charge in [0.25, 0.3) is 5.91 Å². The Hall–Kier alpha value is -1.29. The highest BCUT2D eigenvalue weighted by Crippen LogP contribution is 2.14. The number of furan rings is 1. The van der Waals surface area contributed by atoms with Gasteiger partial charge in [0.1, 0.15) is 5.76 Å². The molecule has 1 aromatic rings. The SMILES string of the molecule is Cc1coc(C)c1C(=O)NO. The number of carbonyl (C=O) groups is 1. The lowest BCUT2D eigenvalue weighted by Crippen LogP contribution is -2.19. The van der Waals surface area contributed by atoms with E-state index in [0.29, 0.717) is 16.9 Å². The molecule has 0 atom stereocenters. The molecule has 1 heterocycles. The van der Waals surface area contributed by atoms with Gasteiger partial charge in [-0.2, -0.15) is 0 Å². The van der Waals surface area contributed by atoms with E-state index in [2.05, 4.69) is 0 Å². The van der Waals surface area contributed by atoms with Crippen molar-refractivity contribution in [3.8, 4) is 0 Å². The van der Waals surface area contributed by atoms with Crippen molar-refractivity contribution >= 4 is 5.91 Å². The van der Waals surface area contributed by atoms with Crippen LogP contribution in [0, 0.1) is 13.8 Å². The van der Waals surface area contributed by atoms with Crippen LogP contribution in [0.25, 0.3) is 0 Å². The maximum atomic E-state index is 10.9. The molecular formula is C7H9NO3. The Bertz CT molecular complexity index is 258. The summed E-state index contributed by atoms with van der Waals surface area (Å²) in [4.78, 5) is 10.9. The lowest BCUT2D eigenvalue weighted by Gasteiger charge is -1.95. The molecule has 0 aromatic carbocycles. The quantitative estimate of drug-likeness (QED) is 0.470. The molecule has 4 heteroatoms. The first kappa shape index (κ1) is 7.81. The molecule has 1 rings (SSSR count). The summed E-state index contributed by atoms with van der Waals surface area (Å²) in [5.74, 6) is -0.0252. The smallest absolute Gasteiger partial charge is 0.278 e. The van der Waals surface area contributed by atoms with Crippen LogP contribution in [0.1, 0.15) is 21.7 Å². The largest absolute Gasteiger partial charge is 0.469 e. The lowest BCUT2D eigenvalue weighted by molar-refractivity contribution is 0.0704. The zero-order valence-corrected chi connectivity index (χ0v) is 6.34. The van der Waals surface area contributed by atoms with E-state index >= 15 is 0 Å². The van der Waals surface area contributed by atoms with Crippen molar-refractivity contribution in [1.82, 2.24) is 5.48 Å². The van der Waals surface area contributed by atoms with E-state index < -0.39 is 5.91 Å². The van der Waals surface area contributed by atoms with Crippen molar-refractivity contribution in [2.75, 3.05) is 0 Å². The monoisotopic (exact) mass is 155 g/mol. The second kappa shape index (κ2) is 2.75. The second-order valence-corrected chi connectivity index (χ2v) is 2.29. The third kappa shape index (κ3) is 1.25. The molecule has 1 amide bonds. The molecule has 0 fully saturated rings. The fourth-order valence-electron chi connectivity index (χ4n) is 0.967. The summed E-state index contributed by atoms with van der Waals surface area (Å²) in [6.45, 7) is 3.40. The van der Waals surface area contributed by atoms with E-state index in [-0.39, 0.29) is 0 Å². The molecule has 0 radical (unpaired) electrons. The van der Waals surface area contributed by atoms with Crippen molar-refractivity contribution < 1.29 is 14.4 Å². The van der Waals surface area contributed by atoms with Gasteiger partial charge in [-0.3, -0.25) is 10.0 Å². The number of aryl methyl sites for hydroxylation is 2. The second-order valence-electron chi connectivity index (χ2n) is 2.29. The summed E-state index contributed by atoms with van der Waals surface area (Å²) in [5, 5.41) is 8.31. The summed E-state index contributed by atoms with van der Waals surface area (Å²) in [7, 11) is 0. The Morgan fingerprint density at radius 3 is 2.64 bits per heavy atom. The summed E-state index contributed by atoms with van der Waals surface area (Å²) in [6, 6.07) is 0. The van der Waals surface area contributed by atoms with Gasteiger partial charge in [0.2, 0.25) is 0 Å². The number of hydrogen-bond acceptors (Lipinski definition) is 3. The first-order valence-corrected chi connectivity index (χ1v) is 3.16. The Morgan fingerprint density at radius 1 is 1.64 bits per heavy atom. The number of hydroxylamine groups is 1. The van der Waals surface area contributed by atoms with Crippen LogP contribution in [0.3, 0.4) is 0 Å². The minimum Gasteiger partial charge on any atom is -0.469 e. The molecule has 0 aliphatic rings. The van der Waals surface area contributed by atoms with Crippen LogP contribution in [0.2, 0.25) is 0 Å². The normalized spacial score (nSPS) is 9.73. The van der Waals surface area contributed by atoms with Gasteiger partial charge >= 0.3 is 0 Å². The van der Waals surface area contributed by atoms with E-state index in [1.807, 2.05) is 0 Å². The van der Waals surface area contributed by atoms with E-state index in [0.717, 1.165) is 0 Å². The highest BCUT2D eigenvalue weighted by Gasteiger charge is 2.13. The van der Waals surface area contributed by atoms with Crippen LogP contribution in [0.5, 0.6) is 0 Å². The molecule has 0 saturated heterocycles. The molecular weight excluding hydrogens is 146 g/mol. The van der Waals surface area contributed by atoms with Crippen LogP contribution >= 0.6 is 0 Å². The first-order valence-electron chi connectivity index (χ1n) is 3.16. The van der Waals surface area contributed by atoms with Crippen LogP contribution in [0.4, 0.5) is 0 Å². The number of carbonyl (C=O) groups excluding carboxylic acids is 1. The summed E-state index contributed by atoms with van der Waals surface area (Å²) < 4.78 is 4.95. The minimum absolute atomic E-state index is 0.396. The van der Waals surface area contributed by atoms with Gasteiger partial charge in [0.05, 0.1) is 11.8 Å². The van der Waals surface area contributed by atoms with Gasteiger partial charge in [-0.15, -0.1) is 0 Å². The van der Waals surface area contributed by atoms with E-state index in [4.69, 9.17) is 9.62 Å². The fraction of sp³-hybridized carbons (Fsp3) is 0.286. The zero-order valence-electron chi connectivity index (χ0n) is 6.34. The summed E-state index contributed by atoms with van der Waals surface area (Å²) in [5.41, 5.74) is 2.66. The number of hydrogen-bond donors (Lipinski definition) is 2. The van der Waals surface area contributed by atoms with Gasteiger partial charge in [0, 0.05) is 5.56 Å². The Morgan fingerprint density at radius 2 is 2.27 bits per heavy atom. The van der Waals surface area contributed by atoms with Gasteiger partial charge in [0.15, 0.2) is 0 Å². The highest BCUT2D eigenvalue weighted by atomic mass is 16.5. The molecule has 0 aliphatic heterocycles. The highest BCUT2D eigenvalue weighted by molar-refractivity contribution is 5.95. The van der Waals surface area contributed by atoms with Gasteiger partial charge in [-0.1, -0.05) is 0 Å². The van der Waals surface area contributed by atoms with Crippen molar-refractivity contribution in [2.45, 2.75) is 13.8 Å². The van der Waals surface area contributed by atoms with Crippen LogP contribution in [-0.4, -0.2) is 11.1 Å². The van der Waals surface area contributed by atoms with Gasteiger partial charge < -0.3 is 4.42 Å². The Balaban J connectivity index is 3.10. The third-order valence-corrected chi connectivity index (χ3v) is 1.49.